The second-order valence-electron chi connectivity index (χ2n) is 10.2. The smallest absolute Gasteiger partial charge is 0.200 e. The van der Waals surface area contributed by atoms with E-state index in [1.807, 2.05) is 30.3 Å². The molecule has 0 heterocycles. The number of rotatable bonds is 4. The monoisotopic (exact) mass is 790 g/mol. The van der Waals surface area contributed by atoms with Crippen LogP contribution in [0.3, 0.4) is 0 Å². The van der Waals surface area contributed by atoms with E-state index >= 15 is 35.1 Å². The zero-order chi connectivity index (χ0) is 39.5. The average Bonchev–Trinajstić information content (AvgIpc) is 3.12. The molecule has 0 spiro atoms. The van der Waals surface area contributed by atoms with Crippen molar-refractivity contribution in [2.75, 3.05) is 0 Å². The number of benzene rings is 5. The Morgan fingerprint density at radius 2 is 0.404 bits per heavy atom. The van der Waals surface area contributed by atoms with Crippen LogP contribution in [0.4, 0.5) is 87.8 Å². The molecule has 0 aliphatic heterocycles. The summed E-state index contributed by atoms with van der Waals surface area (Å²) in [5, 5.41) is 0. The molecule has 0 nitrogen and oxygen atoms in total. The molecule has 0 N–H and O–H groups in total. The molecule has 5 rings (SSSR count). The van der Waals surface area contributed by atoms with Gasteiger partial charge in [0.25, 0.3) is 0 Å². The van der Waals surface area contributed by atoms with Gasteiger partial charge in [-0.25, -0.2) is 87.8 Å². The lowest BCUT2D eigenvalue weighted by molar-refractivity contribution is 0.378. The van der Waals surface area contributed by atoms with Crippen molar-refractivity contribution in [1.29, 1.82) is 0 Å². The third kappa shape index (κ3) is 5.79. The highest BCUT2D eigenvalue weighted by Crippen LogP contribution is 2.30. The molecule has 0 saturated heterocycles. The lowest BCUT2D eigenvalue weighted by Crippen LogP contribution is -2.81. The van der Waals surface area contributed by atoms with Crippen LogP contribution in [-0.4, -0.2) is 6.15 Å². The lowest BCUT2D eigenvalue weighted by atomic mass is 9.12. The predicted octanol–water partition coefficient (Wildman–Crippen LogP) is 6.90. The number of hydrogen-bond acceptors (Lipinski definition) is 0. The molecule has 5 aromatic carbocycles. The highest BCUT2D eigenvalue weighted by atomic mass is 32.1. The normalized spacial score (nSPS) is 11.6. The summed E-state index contributed by atoms with van der Waals surface area (Å²) in [7, 11) is 0. The van der Waals surface area contributed by atoms with Gasteiger partial charge in [-0.1, -0.05) is 18.2 Å². The van der Waals surface area contributed by atoms with Gasteiger partial charge in [0, 0.05) is 0 Å². The summed E-state index contributed by atoms with van der Waals surface area (Å²) in [4.78, 5) is 1.13. The van der Waals surface area contributed by atoms with Crippen molar-refractivity contribution in [3.8, 4) is 0 Å². The third-order valence-electron chi connectivity index (χ3n) is 7.48. The highest BCUT2D eigenvalue weighted by molar-refractivity contribution is 7.58. The van der Waals surface area contributed by atoms with Crippen LogP contribution in [0.25, 0.3) is 0 Å². The maximum Gasteiger partial charge on any atom is 0.200 e. The predicted molar refractivity (Wildman–Crippen MR) is 144 cm³/mol. The van der Waals surface area contributed by atoms with E-state index in [-0.39, 0.29) is 0 Å². The van der Waals surface area contributed by atoms with Crippen LogP contribution in [0.5, 0.6) is 0 Å². The van der Waals surface area contributed by atoms with Crippen molar-refractivity contribution in [3.05, 3.63) is 147 Å². The molecule has 0 aromatic heterocycles. The molecule has 22 heteroatoms. The van der Waals surface area contributed by atoms with Crippen molar-refractivity contribution in [1.82, 2.24) is 0 Å². The third-order valence-corrected chi connectivity index (χ3v) is 7.81. The molecule has 0 fully saturated rings. The molecular weight excluding hydrogens is 783 g/mol. The minimum atomic E-state index is -7.22. The molecule has 276 valence electrons. The van der Waals surface area contributed by atoms with Gasteiger partial charge < -0.3 is 0 Å². The number of halogens is 20. The van der Waals surface area contributed by atoms with Gasteiger partial charge >= 0.3 is 0 Å². The van der Waals surface area contributed by atoms with Gasteiger partial charge in [0.2, 0.25) is 0 Å². The molecule has 0 bridgehead atoms. The van der Waals surface area contributed by atoms with Crippen LogP contribution < -0.4 is 21.9 Å². The number of hydrogen-bond donors (Lipinski definition) is 0. The second-order valence-corrected chi connectivity index (χ2v) is 10.7. The molecule has 0 aliphatic rings. The highest BCUT2D eigenvalue weighted by Gasteiger charge is 2.52. The van der Waals surface area contributed by atoms with Crippen molar-refractivity contribution >= 4 is 40.6 Å². The van der Waals surface area contributed by atoms with Crippen LogP contribution in [0.1, 0.15) is 0 Å². The van der Waals surface area contributed by atoms with Crippen molar-refractivity contribution in [2.45, 2.75) is 4.90 Å². The molecule has 52 heavy (non-hydrogen) atoms. The van der Waals surface area contributed by atoms with Gasteiger partial charge in [0.1, 0.15) is 57.6 Å². The van der Waals surface area contributed by atoms with Crippen LogP contribution in [0.2, 0.25) is 0 Å². The van der Waals surface area contributed by atoms with Crippen molar-refractivity contribution < 1.29 is 87.8 Å². The first kappa shape index (κ1) is 39.9. The SMILES string of the molecule is Fc1c(F)c(F)c([B-](c2c(F)c(F)c(F)c(F)c2F)(c2c(F)c(F)c(F)c(F)c2F)c2c(F)c(F)c(F)c(F)c2F)c(F)c1F.[SH2+]c1ccccc1. The van der Waals surface area contributed by atoms with E-state index in [1.54, 1.807) is 0 Å². The largest absolute Gasteiger partial charge is 0.207 e. The van der Waals surface area contributed by atoms with Gasteiger partial charge in [0.05, 0.1) is 0 Å². The van der Waals surface area contributed by atoms with Crippen LogP contribution in [-0.2, 0) is 12.6 Å². The molecular formula is C30H7BF20S. The minimum Gasteiger partial charge on any atom is -0.207 e. The van der Waals surface area contributed by atoms with Crippen LogP contribution in [0.15, 0.2) is 35.2 Å². The molecule has 0 unspecified atom stereocenters. The van der Waals surface area contributed by atoms with E-state index in [9.17, 15) is 52.7 Å². The summed E-state index contributed by atoms with van der Waals surface area (Å²) < 4.78 is 294. The Labute approximate surface area is 280 Å². The lowest BCUT2D eigenvalue weighted by Gasteiger charge is -2.44. The Kier molecular flexibility index (Phi) is 10.9. The standard InChI is InChI=1S/C24BF20.C6H6S/c26-5-1(6(27)14(35)21(42)13(5)34)25(2-7(28)15(36)22(43)16(37)8(2)29,3-9(30)17(38)23(44)18(39)10(3)31)4-11(32)19(40)24(45)20(41)12(4)33;7-6-4-2-1-3-5-6/h;1-5,7H/q-1;/p+1. The summed E-state index contributed by atoms with van der Waals surface area (Å²) in [6.07, 6.45) is -7.22. The topological polar surface area (TPSA) is 0 Å². The molecule has 0 saturated carbocycles. The summed E-state index contributed by atoms with van der Waals surface area (Å²) in [5.74, 6) is -71.4. The van der Waals surface area contributed by atoms with Crippen molar-refractivity contribution in [2.24, 2.45) is 0 Å². The van der Waals surface area contributed by atoms with E-state index in [2.05, 4.69) is 12.6 Å². The van der Waals surface area contributed by atoms with Gasteiger partial charge in [-0.15, -0.1) is 21.9 Å². The molecule has 5 aromatic rings. The zero-order valence-corrected chi connectivity index (χ0v) is 25.0. The van der Waals surface area contributed by atoms with Gasteiger partial charge in [-0.05, 0) is 24.8 Å². The molecule has 0 aliphatic carbocycles. The first-order valence-corrected chi connectivity index (χ1v) is 13.6. The Bertz CT molecular complexity index is 1880. The zero-order valence-electron chi connectivity index (χ0n) is 24.0. The summed E-state index contributed by atoms with van der Waals surface area (Å²) >= 11 is 3.36. The summed E-state index contributed by atoms with van der Waals surface area (Å²) in [5.41, 5.74) is -14.3. The van der Waals surface area contributed by atoms with E-state index in [0.29, 0.717) is 0 Å². The Morgan fingerprint density at radius 3 is 0.538 bits per heavy atom. The van der Waals surface area contributed by atoms with E-state index in [4.69, 9.17) is 0 Å². The van der Waals surface area contributed by atoms with Gasteiger partial charge in [0.15, 0.2) is 69.8 Å². The molecule has 0 atom stereocenters. The first-order valence-electron chi connectivity index (χ1n) is 13.1. The molecule has 0 amide bonds. The Hall–Kier alpha value is -4.89. The summed E-state index contributed by atoms with van der Waals surface area (Å²) in [6, 6.07) is 9.96. The average molecular weight is 790 g/mol. The maximum atomic E-state index is 15.4. The van der Waals surface area contributed by atoms with Gasteiger partial charge in [-0.3, -0.25) is 0 Å². The fraction of sp³-hybridized carbons (Fsp3) is 0. The fourth-order valence-electron chi connectivity index (χ4n) is 5.31. The Morgan fingerprint density at radius 1 is 0.250 bits per heavy atom. The van der Waals surface area contributed by atoms with Crippen molar-refractivity contribution in [3.63, 3.8) is 0 Å². The van der Waals surface area contributed by atoms with E-state index in [1.165, 1.54) is 0 Å². The van der Waals surface area contributed by atoms with Gasteiger partial charge in [-0.2, -0.15) is 0 Å². The summed E-state index contributed by atoms with van der Waals surface area (Å²) in [6.45, 7) is 0. The van der Waals surface area contributed by atoms with E-state index < -0.39 is 144 Å². The fourth-order valence-corrected chi connectivity index (χ4v) is 5.50. The maximum absolute atomic E-state index is 15.4. The van der Waals surface area contributed by atoms with E-state index in [0.717, 1.165) is 4.90 Å². The molecule has 0 radical (unpaired) electrons. The first-order chi connectivity index (χ1) is 24.1. The Balaban J connectivity index is 0.000000771. The van der Waals surface area contributed by atoms with Crippen LogP contribution in [0, 0.1) is 116 Å². The minimum absolute atomic E-state index is 1.13. The quantitative estimate of drug-likeness (QED) is 0.0612. The van der Waals surface area contributed by atoms with Crippen LogP contribution >= 0.6 is 0 Å². The second kappa shape index (κ2) is 14.3.